The minimum Gasteiger partial charge on any atom is -0.361 e. The quantitative estimate of drug-likeness (QED) is 0.0841. The van der Waals surface area contributed by atoms with Crippen LogP contribution < -0.4 is 16.0 Å². The number of amides is 3. The van der Waals surface area contributed by atoms with Gasteiger partial charge >= 0.3 is 0 Å². The monoisotopic (exact) mass is 652 g/mol. The highest BCUT2D eigenvalue weighted by molar-refractivity contribution is 5.98. The highest BCUT2D eigenvalue weighted by Gasteiger charge is 2.50. The van der Waals surface area contributed by atoms with E-state index in [-0.39, 0.29) is 31.0 Å². The number of hydrogen-bond acceptors (Lipinski definition) is 6. The number of ketones is 1. The third-order valence-corrected chi connectivity index (χ3v) is 8.31. The number of nitrogens with zero attached hydrogens (tertiary/aromatic N) is 3. The van der Waals surface area contributed by atoms with Crippen LogP contribution in [0.5, 0.6) is 0 Å². The molecule has 1 fully saturated rings. The first-order valence-electron chi connectivity index (χ1n) is 16.2. The van der Waals surface area contributed by atoms with E-state index in [0.717, 1.165) is 22.3 Å². The van der Waals surface area contributed by atoms with Crippen LogP contribution in [-0.4, -0.2) is 59.9 Å². The molecule has 0 radical (unpaired) electrons. The number of epoxide rings is 1. The van der Waals surface area contributed by atoms with E-state index >= 15 is 0 Å². The maximum absolute atomic E-state index is 14.1. The molecule has 4 rings (SSSR count). The van der Waals surface area contributed by atoms with Gasteiger partial charge in [-0.25, -0.2) is 0 Å². The normalized spacial score (nSPS) is 17.6. The van der Waals surface area contributed by atoms with Crippen molar-refractivity contribution in [1.82, 2.24) is 16.0 Å². The SMILES string of the molecule is Cc1ccc(C[C@H](NC(=O)[C@H](Cc2ccccc2)N=[N+]=[N-])C(=O)N[C@@H](Cc2ccccc2)C(=O)N[C@@H](CC(C)C)C(=O)[C@@]2(C)CO2)cc1. The lowest BCUT2D eigenvalue weighted by Gasteiger charge is -2.27. The highest BCUT2D eigenvalue weighted by Crippen LogP contribution is 2.29. The van der Waals surface area contributed by atoms with Gasteiger partial charge in [0.1, 0.15) is 23.7 Å². The predicted octanol–water partition coefficient (Wildman–Crippen LogP) is 4.56. The van der Waals surface area contributed by atoms with Crippen LogP contribution in [0, 0.1) is 12.8 Å². The number of ether oxygens (including phenoxy) is 1. The molecular weight excluding hydrogens is 608 g/mol. The number of Topliss-reactive ketones (excluding diaryl/α,β-unsaturated/α-hetero) is 1. The zero-order chi connectivity index (χ0) is 34.7. The van der Waals surface area contributed by atoms with Gasteiger partial charge in [-0.15, -0.1) is 0 Å². The van der Waals surface area contributed by atoms with Crippen molar-refractivity contribution in [3.05, 3.63) is 118 Å². The smallest absolute Gasteiger partial charge is 0.243 e. The minimum atomic E-state index is -1.11. The van der Waals surface area contributed by atoms with E-state index in [1.54, 1.807) is 6.92 Å². The summed E-state index contributed by atoms with van der Waals surface area (Å²) in [6.45, 7) is 7.88. The molecule has 0 bridgehead atoms. The zero-order valence-corrected chi connectivity index (χ0v) is 27.9. The van der Waals surface area contributed by atoms with Gasteiger partial charge in [0.25, 0.3) is 0 Å². The third kappa shape index (κ3) is 10.5. The molecule has 11 heteroatoms. The van der Waals surface area contributed by atoms with Crippen LogP contribution in [0.2, 0.25) is 0 Å². The topological polar surface area (TPSA) is 166 Å². The Kier molecular flexibility index (Phi) is 12.5. The predicted molar refractivity (Wildman–Crippen MR) is 183 cm³/mol. The number of benzene rings is 3. The van der Waals surface area contributed by atoms with E-state index < -0.39 is 47.5 Å². The Morgan fingerprint density at radius 2 is 1.21 bits per heavy atom. The lowest BCUT2D eigenvalue weighted by Crippen LogP contribution is -2.58. The Labute approximate surface area is 281 Å². The molecule has 3 amide bonds. The van der Waals surface area contributed by atoms with E-state index in [2.05, 4.69) is 26.0 Å². The highest BCUT2D eigenvalue weighted by atomic mass is 16.6. The largest absolute Gasteiger partial charge is 0.361 e. The fraction of sp³-hybridized carbons (Fsp3) is 0.405. The Morgan fingerprint density at radius 3 is 1.69 bits per heavy atom. The molecule has 0 spiro atoms. The summed E-state index contributed by atoms with van der Waals surface area (Å²) in [5, 5.41) is 12.3. The van der Waals surface area contributed by atoms with Gasteiger partial charge in [0.15, 0.2) is 5.78 Å². The molecular formula is C37H44N6O5. The third-order valence-electron chi connectivity index (χ3n) is 8.31. The second-order valence-corrected chi connectivity index (χ2v) is 13.0. The molecule has 3 aromatic rings. The first-order chi connectivity index (χ1) is 23.0. The molecule has 1 aliphatic heterocycles. The van der Waals surface area contributed by atoms with Crippen molar-refractivity contribution in [2.24, 2.45) is 11.0 Å². The van der Waals surface area contributed by atoms with Crippen molar-refractivity contribution in [2.75, 3.05) is 6.61 Å². The zero-order valence-electron chi connectivity index (χ0n) is 27.9. The molecule has 48 heavy (non-hydrogen) atoms. The summed E-state index contributed by atoms with van der Waals surface area (Å²) < 4.78 is 5.39. The summed E-state index contributed by atoms with van der Waals surface area (Å²) in [5.41, 5.74) is 11.7. The van der Waals surface area contributed by atoms with E-state index in [9.17, 15) is 24.7 Å². The molecule has 3 N–H and O–H groups in total. The Bertz CT molecular complexity index is 1600. The summed E-state index contributed by atoms with van der Waals surface area (Å²) in [7, 11) is 0. The summed E-state index contributed by atoms with van der Waals surface area (Å²) in [4.78, 5) is 57.7. The first kappa shape index (κ1) is 35.9. The molecule has 11 nitrogen and oxygen atoms in total. The Hall–Kier alpha value is -4.99. The van der Waals surface area contributed by atoms with Crippen LogP contribution >= 0.6 is 0 Å². The molecule has 0 unspecified atom stereocenters. The average molecular weight is 653 g/mol. The van der Waals surface area contributed by atoms with Crippen molar-refractivity contribution in [2.45, 2.75) is 83.1 Å². The van der Waals surface area contributed by atoms with Crippen molar-refractivity contribution in [3.63, 3.8) is 0 Å². The van der Waals surface area contributed by atoms with Crippen LogP contribution in [0.3, 0.4) is 0 Å². The van der Waals surface area contributed by atoms with Gasteiger partial charge in [-0.05, 0) is 54.8 Å². The van der Waals surface area contributed by atoms with Crippen molar-refractivity contribution >= 4 is 23.5 Å². The van der Waals surface area contributed by atoms with Crippen molar-refractivity contribution in [3.8, 4) is 0 Å². The van der Waals surface area contributed by atoms with Gasteiger partial charge in [-0.1, -0.05) is 109 Å². The molecule has 3 aromatic carbocycles. The van der Waals surface area contributed by atoms with Gasteiger partial charge in [0.2, 0.25) is 17.7 Å². The maximum atomic E-state index is 14.1. The van der Waals surface area contributed by atoms with E-state index in [0.29, 0.717) is 13.0 Å². The van der Waals surface area contributed by atoms with Crippen LogP contribution in [0.25, 0.3) is 10.4 Å². The Balaban J connectivity index is 1.59. The first-order valence-corrected chi connectivity index (χ1v) is 16.2. The summed E-state index contributed by atoms with van der Waals surface area (Å²) in [6.07, 6.45) is 0.817. The number of carbonyl (C=O) groups is 4. The van der Waals surface area contributed by atoms with Crippen LogP contribution in [0.15, 0.2) is 90.0 Å². The van der Waals surface area contributed by atoms with Crippen LogP contribution in [0.1, 0.15) is 49.4 Å². The molecule has 1 aliphatic rings. The average Bonchev–Trinajstić information content (AvgIpc) is 3.83. The van der Waals surface area contributed by atoms with Gasteiger partial charge in [-0.2, -0.15) is 0 Å². The summed E-state index contributed by atoms with van der Waals surface area (Å²) in [5.74, 6) is -1.83. The van der Waals surface area contributed by atoms with Gasteiger partial charge in [0, 0.05) is 17.8 Å². The fourth-order valence-electron chi connectivity index (χ4n) is 5.45. The molecule has 1 saturated heterocycles. The second-order valence-electron chi connectivity index (χ2n) is 13.0. The maximum Gasteiger partial charge on any atom is 0.243 e. The molecule has 5 atom stereocenters. The number of hydrogen-bond donors (Lipinski definition) is 3. The van der Waals surface area contributed by atoms with Gasteiger partial charge in [0.05, 0.1) is 12.6 Å². The van der Waals surface area contributed by atoms with E-state index in [4.69, 9.17) is 4.74 Å². The molecule has 0 saturated carbocycles. The number of aryl methyl sites for hydroxylation is 1. The summed E-state index contributed by atoms with van der Waals surface area (Å²) in [6, 6.07) is 21.8. The van der Waals surface area contributed by atoms with Crippen LogP contribution in [0.4, 0.5) is 0 Å². The molecule has 252 valence electrons. The number of carbonyl (C=O) groups excluding carboxylic acids is 4. The lowest BCUT2D eigenvalue weighted by atomic mass is 9.93. The van der Waals surface area contributed by atoms with Gasteiger partial charge in [-0.3, -0.25) is 19.2 Å². The van der Waals surface area contributed by atoms with Crippen molar-refractivity contribution in [1.29, 1.82) is 0 Å². The molecule has 0 aromatic heterocycles. The molecule has 0 aliphatic carbocycles. The van der Waals surface area contributed by atoms with Gasteiger partial charge < -0.3 is 20.7 Å². The number of rotatable bonds is 17. The number of azide groups is 1. The van der Waals surface area contributed by atoms with E-state index in [1.165, 1.54) is 0 Å². The summed E-state index contributed by atoms with van der Waals surface area (Å²) >= 11 is 0. The Morgan fingerprint density at radius 1 is 0.750 bits per heavy atom. The van der Waals surface area contributed by atoms with E-state index in [1.807, 2.05) is 106 Å². The van der Waals surface area contributed by atoms with Crippen LogP contribution in [-0.2, 0) is 43.2 Å². The van der Waals surface area contributed by atoms with Crippen molar-refractivity contribution < 1.29 is 23.9 Å². The lowest BCUT2D eigenvalue weighted by molar-refractivity contribution is -0.134. The second kappa shape index (κ2) is 16.7. The molecule has 1 heterocycles. The standard InChI is InChI=1S/C37H44N6O5/c1-24(2)19-29(33(44)37(4)23-48-37)39-34(45)30(20-26-11-7-5-8-12-26)40-35(46)31(21-28-17-15-25(3)16-18-28)41-36(47)32(42-43-38)22-27-13-9-6-10-14-27/h5-18,24,29-32H,19-23H2,1-4H3,(H,39,45)(H,40,46)(H,41,47)/t29-,30-,31-,32-,37+/m0/s1. The number of nitrogens with one attached hydrogen (secondary N) is 3. The minimum absolute atomic E-state index is 0.109. The fourth-order valence-corrected chi connectivity index (χ4v) is 5.45.